The minimum absolute atomic E-state index is 0.0499. The molecule has 17 heavy (non-hydrogen) atoms. The molecule has 0 radical (unpaired) electrons. The Kier molecular flexibility index (Phi) is 3.70. The second kappa shape index (κ2) is 4.92. The second-order valence-corrected chi connectivity index (χ2v) is 5.61. The third kappa shape index (κ3) is 3.40. The summed E-state index contributed by atoms with van der Waals surface area (Å²) >= 11 is 0. The van der Waals surface area contributed by atoms with E-state index in [-0.39, 0.29) is 23.7 Å². The molecule has 5 nitrogen and oxygen atoms in total. The van der Waals surface area contributed by atoms with E-state index in [1.807, 2.05) is 13.8 Å². The fourth-order valence-corrected chi connectivity index (χ4v) is 2.22. The van der Waals surface area contributed by atoms with E-state index in [2.05, 4.69) is 10.6 Å². The number of carbonyl (C=O) groups excluding carboxylic acids is 1. The molecule has 1 amide bonds. The largest absolute Gasteiger partial charge is 0.379 e. The van der Waals surface area contributed by atoms with E-state index in [1.54, 1.807) is 0 Å². The van der Waals surface area contributed by atoms with Crippen molar-refractivity contribution in [1.82, 2.24) is 10.6 Å². The lowest BCUT2D eigenvalue weighted by Crippen LogP contribution is -2.60. The van der Waals surface area contributed by atoms with Crippen LogP contribution in [0.2, 0.25) is 0 Å². The van der Waals surface area contributed by atoms with E-state index in [9.17, 15) is 4.79 Å². The maximum absolute atomic E-state index is 11.8. The molecule has 0 aromatic carbocycles. The zero-order chi connectivity index (χ0) is 12.4. The number of ether oxygens (including phenoxy) is 2. The van der Waals surface area contributed by atoms with E-state index < -0.39 is 0 Å². The molecule has 2 heterocycles. The Morgan fingerprint density at radius 2 is 2.24 bits per heavy atom. The van der Waals surface area contributed by atoms with Crippen LogP contribution in [0.3, 0.4) is 0 Å². The van der Waals surface area contributed by atoms with Gasteiger partial charge < -0.3 is 20.1 Å². The summed E-state index contributed by atoms with van der Waals surface area (Å²) in [4.78, 5) is 11.8. The molecular weight excluding hydrogens is 220 g/mol. The van der Waals surface area contributed by atoms with Gasteiger partial charge in [0.1, 0.15) is 6.61 Å². The standard InChI is InChI=1S/C12H22N2O3/c1-11(4-3-5-16-9-11)14-10(15)6-17-12(2)7-13-8-12/h13H,3-9H2,1-2H3,(H,14,15). The monoisotopic (exact) mass is 242 g/mol. The maximum Gasteiger partial charge on any atom is 0.246 e. The van der Waals surface area contributed by atoms with Gasteiger partial charge in [-0.2, -0.15) is 0 Å². The van der Waals surface area contributed by atoms with Crippen LogP contribution in [0.1, 0.15) is 26.7 Å². The van der Waals surface area contributed by atoms with Crippen molar-refractivity contribution in [3.05, 3.63) is 0 Å². The summed E-state index contributed by atoms with van der Waals surface area (Å²) < 4.78 is 11.0. The van der Waals surface area contributed by atoms with Crippen molar-refractivity contribution in [3.8, 4) is 0 Å². The number of rotatable bonds is 4. The van der Waals surface area contributed by atoms with Crippen molar-refractivity contribution in [1.29, 1.82) is 0 Å². The summed E-state index contributed by atoms with van der Waals surface area (Å²) in [6.45, 7) is 7.21. The highest BCUT2D eigenvalue weighted by molar-refractivity contribution is 5.78. The van der Waals surface area contributed by atoms with Crippen LogP contribution in [-0.2, 0) is 14.3 Å². The molecule has 2 N–H and O–H groups in total. The summed E-state index contributed by atoms with van der Waals surface area (Å²) in [6, 6.07) is 0. The summed E-state index contributed by atoms with van der Waals surface area (Å²) in [7, 11) is 0. The molecule has 0 aromatic heterocycles. The molecule has 98 valence electrons. The van der Waals surface area contributed by atoms with E-state index in [4.69, 9.17) is 9.47 Å². The third-order valence-corrected chi connectivity index (χ3v) is 3.43. The quantitative estimate of drug-likeness (QED) is 0.731. The van der Waals surface area contributed by atoms with Crippen molar-refractivity contribution in [2.45, 2.75) is 37.8 Å². The number of amides is 1. The van der Waals surface area contributed by atoms with Gasteiger partial charge in [0.25, 0.3) is 0 Å². The van der Waals surface area contributed by atoms with Crippen LogP contribution in [-0.4, -0.2) is 50.0 Å². The molecule has 0 bridgehead atoms. The predicted molar refractivity (Wildman–Crippen MR) is 63.8 cm³/mol. The molecule has 1 unspecified atom stereocenters. The first-order chi connectivity index (χ1) is 8.02. The Balaban J connectivity index is 1.72. The highest BCUT2D eigenvalue weighted by Crippen LogP contribution is 2.19. The lowest BCUT2D eigenvalue weighted by molar-refractivity contribution is -0.139. The first-order valence-electron chi connectivity index (χ1n) is 6.25. The van der Waals surface area contributed by atoms with Crippen molar-refractivity contribution in [3.63, 3.8) is 0 Å². The SMILES string of the molecule is CC1(NC(=O)COC2(C)CNC2)CCCOC1. The molecule has 2 saturated heterocycles. The van der Waals surface area contributed by atoms with Crippen molar-refractivity contribution < 1.29 is 14.3 Å². The van der Waals surface area contributed by atoms with Crippen LogP contribution in [0.25, 0.3) is 0 Å². The van der Waals surface area contributed by atoms with E-state index in [1.165, 1.54) is 0 Å². The van der Waals surface area contributed by atoms with E-state index >= 15 is 0 Å². The molecule has 2 fully saturated rings. The molecular formula is C12H22N2O3. The van der Waals surface area contributed by atoms with Gasteiger partial charge in [0.05, 0.1) is 17.7 Å². The zero-order valence-corrected chi connectivity index (χ0v) is 10.7. The number of hydrogen-bond donors (Lipinski definition) is 2. The Morgan fingerprint density at radius 3 is 2.76 bits per heavy atom. The van der Waals surface area contributed by atoms with Crippen LogP contribution in [0, 0.1) is 0 Å². The van der Waals surface area contributed by atoms with Gasteiger partial charge in [0, 0.05) is 19.7 Å². The topological polar surface area (TPSA) is 59.6 Å². The molecule has 0 spiro atoms. The molecule has 1 atom stereocenters. The molecule has 2 aliphatic rings. The van der Waals surface area contributed by atoms with Gasteiger partial charge in [0.2, 0.25) is 5.91 Å². The lowest BCUT2D eigenvalue weighted by atomic mass is 9.95. The molecule has 2 rings (SSSR count). The van der Waals surface area contributed by atoms with Crippen molar-refractivity contribution >= 4 is 5.91 Å². The normalized spacial score (nSPS) is 31.6. The second-order valence-electron chi connectivity index (χ2n) is 5.61. The van der Waals surface area contributed by atoms with Gasteiger partial charge in [-0.3, -0.25) is 4.79 Å². The van der Waals surface area contributed by atoms with Crippen molar-refractivity contribution in [2.75, 3.05) is 32.9 Å². The Morgan fingerprint density at radius 1 is 1.47 bits per heavy atom. The summed E-state index contributed by atoms with van der Waals surface area (Å²) in [5, 5.41) is 6.14. The van der Waals surface area contributed by atoms with E-state index in [0.29, 0.717) is 6.61 Å². The fraction of sp³-hybridized carbons (Fsp3) is 0.917. The van der Waals surface area contributed by atoms with Crippen molar-refractivity contribution in [2.24, 2.45) is 0 Å². The average Bonchev–Trinajstić information content (AvgIpc) is 2.24. The third-order valence-electron chi connectivity index (χ3n) is 3.43. The first kappa shape index (κ1) is 12.8. The van der Waals surface area contributed by atoms with Crippen LogP contribution in [0.5, 0.6) is 0 Å². The molecule has 5 heteroatoms. The van der Waals surface area contributed by atoms with Gasteiger partial charge in [-0.25, -0.2) is 0 Å². The van der Waals surface area contributed by atoms with Crippen LogP contribution < -0.4 is 10.6 Å². The van der Waals surface area contributed by atoms with Gasteiger partial charge in [0.15, 0.2) is 0 Å². The predicted octanol–water partition coefficient (Wildman–Crippen LogP) is 0.0502. The van der Waals surface area contributed by atoms with E-state index in [0.717, 1.165) is 32.5 Å². The number of nitrogens with one attached hydrogen (secondary N) is 2. The first-order valence-corrected chi connectivity index (χ1v) is 6.25. The molecule has 0 aromatic rings. The average molecular weight is 242 g/mol. The highest BCUT2D eigenvalue weighted by Gasteiger charge is 2.34. The van der Waals surface area contributed by atoms with Crippen LogP contribution in [0.15, 0.2) is 0 Å². The fourth-order valence-electron chi connectivity index (χ4n) is 2.22. The molecule has 0 aliphatic carbocycles. The lowest BCUT2D eigenvalue weighted by Gasteiger charge is -2.39. The van der Waals surface area contributed by atoms with Gasteiger partial charge in [-0.15, -0.1) is 0 Å². The summed E-state index contributed by atoms with van der Waals surface area (Å²) in [5.41, 5.74) is -0.390. The minimum atomic E-state index is -0.225. The number of carbonyl (C=O) groups is 1. The Hall–Kier alpha value is -0.650. The summed E-state index contributed by atoms with van der Waals surface area (Å²) in [6.07, 6.45) is 1.97. The summed E-state index contributed by atoms with van der Waals surface area (Å²) in [5.74, 6) is -0.0499. The smallest absolute Gasteiger partial charge is 0.246 e. The highest BCUT2D eigenvalue weighted by atomic mass is 16.5. The molecule has 0 saturated carbocycles. The maximum atomic E-state index is 11.8. The molecule has 2 aliphatic heterocycles. The Bertz CT molecular complexity index is 283. The van der Waals surface area contributed by atoms with Crippen LogP contribution >= 0.6 is 0 Å². The minimum Gasteiger partial charge on any atom is -0.379 e. The van der Waals surface area contributed by atoms with Crippen LogP contribution in [0.4, 0.5) is 0 Å². The van der Waals surface area contributed by atoms with Gasteiger partial charge >= 0.3 is 0 Å². The van der Waals surface area contributed by atoms with Gasteiger partial charge in [-0.05, 0) is 26.7 Å². The number of hydrogen-bond acceptors (Lipinski definition) is 4. The van der Waals surface area contributed by atoms with Gasteiger partial charge in [-0.1, -0.05) is 0 Å². The Labute approximate surface area is 102 Å². The zero-order valence-electron chi connectivity index (χ0n) is 10.7.